The summed E-state index contributed by atoms with van der Waals surface area (Å²) in [5, 5.41) is 5.30. The Balaban J connectivity index is 1.48. The largest absolute Gasteiger partial charge is 0.324 e. The molecule has 2 aromatic carbocycles. The highest BCUT2D eigenvalue weighted by atomic mass is 35.5. The van der Waals surface area contributed by atoms with Gasteiger partial charge in [0.1, 0.15) is 0 Å². The van der Waals surface area contributed by atoms with E-state index in [1.54, 1.807) is 24.5 Å². The lowest BCUT2D eigenvalue weighted by molar-refractivity contribution is -0.118. The zero-order valence-electron chi connectivity index (χ0n) is 16.8. The summed E-state index contributed by atoms with van der Waals surface area (Å²) in [5.41, 5.74) is 2.19. The molecule has 0 bridgehead atoms. The van der Waals surface area contributed by atoms with Crippen molar-refractivity contribution in [1.82, 2.24) is 9.29 Å². The second-order valence-corrected chi connectivity index (χ2v) is 10.8. The fraction of sp³-hybridized carbons (Fsp3) is 0.304. The number of sulfonamides is 1. The lowest BCUT2D eigenvalue weighted by Crippen LogP contribution is -2.43. The molecule has 1 saturated carbocycles. The molecule has 1 amide bonds. The molecule has 31 heavy (non-hydrogen) atoms. The third kappa shape index (κ3) is 4.18. The minimum absolute atomic E-state index is 0.104. The van der Waals surface area contributed by atoms with Crippen molar-refractivity contribution in [2.75, 3.05) is 17.6 Å². The van der Waals surface area contributed by atoms with Crippen molar-refractivity contribution in [2.24, 2.45) is 5.92 Å². The number of benzene rings is 2. The molecule has 1 atom stereocenters. The van der Waals surface area contributed by atoms with Crippen LogP contribution in [0, 0.1) is 5.92 Å². The Morgan fingerprint density at radius 1 is 1.16 bits per heavy atom. The Labute approximate surface area is 186 Å². The normalized spacial score (nSPS) is 19.2. The van der Waals surface area contributed by atoms with E-state index < -0.39 is 15.9 Å². The smallest absolute Gasteiger partial charge is 0.233 e. The van der Waals surface area contributed by atoms with Gasteiger partial charge in [0.25, 0.3) is 0 Å². The lowest BCUT2D eigenvalue weighted by atomic mass is 9.90. The molecule has 1 aliphatic carbocycles. The Hall–Kier alpha value is -2.48. The molecule has 3 aromatic rings. The Morgan fingerprint density at radius 2 is 1.97 bits per heavy atom. The summed E-state index contributed by atoms with van der Waals surface area (Å²) in [6.07, 6.45) is 5.27. The molecule has 6 nitrogen and oxygen atoms in total. The quantitative estimate of drug-likeness (QED) is 0.626. The van der Waals surface area contributed by atoms with Gasteiger partial charge in [-0.2, -0.15) is 4.31 Å². The van der Waals surface area contributed by atoms with Gasteiger partial charge >= 0.3 is 0 Å². The van der Waals surface area contributed by atoms with Crippen molar-refractivity contribution in [3.8, 4) is 0 Å². The first kappa shape index (κ1) is 20.4. The van der Waals surface area contributed by atoms with Crippen LogP contribution < -0.4 is 5.32 Å². The SMILES string of the molecule is O=C(Nc1cncc2ccccc12)C1CN(S(=O)(=O)CC2CC2)Cc2ccc(Cl)cc21. The van der Waals surface area contributed by atoms with Gasteiger partial charge in [0, 0.05) is 35.1 Å². The van der Waals surface area contributed by atoms with Gasteiger partial charge in [-0.05, 0) is 42.0 Å². The highest BCUT2D eigenvalue weighted by Gasteiger charge is 2.38. The third-order valence-corrected chi connectivity index (χ3v) is 8.19. The summed E-state index contributed by atoms with van der Waals surface area (Å²) in [5.74, 6) is -0.536. The maximum atomic E-state index is 13.4. The van der Waals surface area contributed by atoms with Crippen LogP contribution in [0.1, 0.15) is 29.9 Å². The molecule has 1 N–H and O–H groups in total. The number of hydrogen-bond acceptors (Lipinski definition) is 4. The first-order chi connectivity index (χ1) is 14.9. The third-order valence-electron chi connectivity index (χ3n) is 6.00. The molecule has 0 radical (unpaired) electrons. The van der Waals surface area contributed by atoms with Crippen LogP contribution in [0.4, 0.5) is 5.69 Å². The number of carbonyl (C=O) groups is 1. The minimum atomic E-state index is -3.44. The van der Waals surface area contributed by atoms with Crippen LogP contribution in [-0.4, -0.2) is 35.9 Å². The number of nitrogens with zero attached hydrogens (tertiary/aromatic N) is 2. The monoisotopic (exact) mass is 455 g/mol. The van der Waals surface area contributed by atoms with E-state index >= 15 is 0 Å². The molecular formula is C23H22ClN3O3S. The Kier molecular flexibility index (Phi) is 5.20. The van der Waals surface area contributed by atoms with Crippen molar-refractivity contribution in [3.63, 3.8) is 0 Å². The summed E-state index contributed by atoms with van der Waals surface area (Å²) in [7, 11) is -3.44. The number of nitrogens with one attached hydrogen (secondary N) is 1. The van der Waals surface area contributed by atoms with Gasteiger partial charge in [0.2, 0.25) is 15.9 Å². The number of anilines is 1. The number of rotatable bonds is 5. The van der Waals surface area contributed by atoms with Crippen molar-refractivity contribution < 1.29 is 13.2 Å². The number of hydrogen-bond donors (Lipinski definition) is 1. The first-order valence-electron chi connectivity index (χ1n) is 10.3. The topological polar surface area (TPSA) is 79.4 Å². The molecule has 0 spiro atoms. The minimum Gasteiger partial charge on any atom is -0.324 e. The van der Waals surface area contributed by atoms with Crippen molar-refractivity contribution >= 4 is 44.0 Å². The van der Waals surface area contributed by atoms with E-state index in [0.717, 1.165) is 34.7 Å². The van der Waals surface area contributed by atoms with Crippen LogP contribution in [0.15, 0.2) is 54.9 Å². The van der Waals surface area contributed by atoms with Crippen LogP contribution in [0.3, 0.4) is 0 Å². The van der Waals surface area contributed by atoms with Crippen molar-refractivity contribution in [3.05, 3.63) is 71.0 Å². The van der Waals surface area contributed by atoms with Crippen LogP contribution >= 0.6 is 11.6 Å². The molecule has 1 aromatic heterocycles. The second kappa shape index (κ2) is 7.89. The summed E-state index contributed by atoms with van der Waals surface area (Å²) < 4.78 is 27.4. The van der Waals surface area contributed by atoms with E-state index in [1.807, 2.05) is 30.3 Å². The van der Waals surface area contributed by atoms with Crippen LogP contribution in [0.2, 0.25) is 5.02 Å². The van der Waals surface area contributed by atoms with Gasteiger partial charge in [-0.3, -0.25) is 9.78 Å². The number of aromatic nitrogens is 1. The van der Waals surface area contributed by atoms with E-state index in [9.17, 15) is 13.2 Å². The van der Waals surface area contributed by atoms with E-state index in [1.165, 1.54) is 4.31 Å². The molecule has 160 valence electrons. The second-order valence-electron chi connectivity index (χ2n) is 8.31. The predicted octanol–water partition coefficient (Wildman–Crippen LogP) is 4.17. The molecule has 8 heteroatoms. The zero-order valence-corrected chi connectivity index (χ0v) is 18.4. The predicted molar refractivity (Wildman–Crippen MR) is 121 cm³/mol. The summed E-state index contributed by atoms with van der Waals surface area (Å²) in [4.78, 5) is 17.6. The van der Waals surface area contributed by atoms with E-state index in [2.05, 4.69) is 10.3 Å². The summed E-state index contributed by atoms with van der Waals surface area (Å²) in [6.45, 7) is 0.369. The number of halogens is 1. The molecule has 1 unspecified atom stereocenters. The molecule has 2 heterocycles. The maximum absolute atomic E-state index is 13.4. The highest BCUT2D eigenvalue weighted by Crippen LogP contribution is 2.36. The number of amides is 1. The van der Waals surface area contributed by atoms with Gasteiger partial charge in [-0.15, -0.1) is 0 Å². The number of pyridine rings is 1. The van der Waals surface area contributed by atoms with E-state index in [0.29, 0.717) is 10.7 Å². The summed E-state index contributed by atoms with van der Waals surface area (Å²) >= 11 is 6.21. The molecule has 0 saturated heterocycles. The van der Waals surface area contributed by atoms with Gasteiger partial charge in [0.15, 0.2) is 0 Å². The average Bonchev–Trinajstić information content (AvgIpc) is 3.56. The molecular weight excluding hydrogens is 434 g/mol. The van der Waals surface area contributed by atoms with Crippen LogP contribution in [-0.2, 0) is 21.4 Å². The van der Waals surface area contributed by atoms with Crippen LogP contribution in [0.25, 0.3) is 10.8 Å². The highest BCUT2D eigenvalue weighted by molar-refractivity contribution is 7.89. The fourth-order valence-electron chi connectivity index (χ4n) is 4.15. The van der Waals surface area contributed by atoms with Gasteiger partial charge in [0.05, 0.1) is 23.6 Å². The van der Waals surface area contributed by atoms with E-state index in [-0.39, 0.29) is 30.7 Å². The van der Waals surface area contributed by atoms with Crippen molar-refractivity contribution in [1.29, 1.82) is 0 Å². The Bertz CT molecular complexity index is 1270. The maximum Gasteiger partial charge on any atom is 0.233 e. The van der Waals surface area contributed by atoms with Gasteiger partial charge in [-0.1, -0.05) is 41.9 Å². The molecule has 2 aliphatic rings. The number of carbonyl (C=O) groups excluding carboxylic acids is 1. The van der Waals surface area contributed by atoms with Gasteiger partial charge in [-0.25, -0.2) is 8.42 Å². The summed E-state index contributed by atoms with van der Waals surface area (Å²) in [6, 6.07) is 13.0. The van der Waals surface area contributed by atoms with Gasteiger partial charge < -0.3 is 5.32 Å². The fourth-order valence-corrected chi connectivity index (χ4v) is 6.18. The standard InChI is InChI=1S/C23H22ClN3O3S/c24-18-8-7-17-12-27(31(29,30)14-15-5-6-15)13-21(20(17)9-18)23(28)26-22-11-25-10-16-3-1-2-4-19(16)22/h1-4,7-11,15,21H,5-6,12-14H2,(H,26,28). The lowest BCUT2D eigenvalue weighted by Gasteiger charge is -2.33. The van der Waals surface area contributed by atoms with Crippen LogP contribution in [0.5, 0.6) is 0 Å². The molecule has 1 aliphatic heterocycles. The van der Waals surface area contributed by atoms with Crippen molar-refractivity contribution in [2.45, 2.75) is 25.3 Å². The Morgan fingerprint density at radius 3 is 2.77 bits per heavy atom. The number of fused-ring (bicyclic) bond motifs is 2. The molecule has 1 fully saturated rings. The molecule has 5 rings (SSSR count). The average molecular weight is 456 g/mol. The van der Waals surface area contributed by atoms with E-state index in [4.69, 9.17) is 11.6 Å². The first-order valence-corrected chi connectivity index (χ1v) is 12.3. The zero-order chi connectivity index (χ0) is 21.6.